The van der Waals surface area contributed by atoms with Gasteiger partial charge in [0.05, 0.1) is 79.3 Å². The fraction of sp³-hybridized carbons (Fsp3) is 1.00. The van der Waals surface area contributed by atoms with E-state index in [4.69, 9.17) is 32.8 Å². The molecule has 0 aliphatic heterocycles. The molecule has 0 saturated carbocycles. The summed E-state index contributed by atoms with van der Waals surface area (Å²) < 4.78 is 39.8. The van der Waals surface area contributed by atoms with Crippen LogP contribution in [0.5, 0.6) is 0 Å². The molecule has 0 heterocycles. The van der Waals surface area contributed by atoms with Crippen LogP contribution in [0.4, 0.5) is 0 Å². The summed E-state index contributed by atoms with van der Waals surface area (Å²) in [4.78, 5) is 0. The van der Waals surface area contributed by atoms with E-state index in [1.807, 2.05) is 0 Å². The fourth-order valence-corrected chi connectivity index (χ4v) is 3.50. The highest BCUT2D eigenvalue weighted by Gasteiger charge is 2.12. The van der Waals surface area contributed by atoms with Crippen LogP contribution >= 0.6 is 22.6 Å². The fourth-order valence-electron chi connectivity index (χ4n) is 2.26. The van der Waals surface area contributed by atoms with Crippen molar-refractivity contribution in [3.8, 4) is 0 Å². The van der Waals surface area contributed by atoms with Crippen LogP contribution in [0.2, 0.25) is 19.6 Å². The molecule has 9 heteroatoms. The van der Waals surface area contributed by atoms with Gasteiger partial charge in [-0.25, -0.2) is 0 Å². The zero-order chi connectivity index (χ0) is 22.2. The van der Waals surface area contributed by atoms with Crippen LogP contribution in [0.3, 0.4) is 0 Å². The van der Waals surface area contributed by atoms with Crippen LogP contribution in [0.1, 0.15) is 25.7 Å². The summed E-state index contributed by atoms with van der Waals surface area (Å²) >= 11 is 2.42. The number of halogens is 1. The topological polar surface area (TPSA) is 64.6 Å². The zero-order valence-corrected chi connectivity index (χ0v) is 22.6. The quantitative estimate of drug-likeness (QED) is 0.0721. The van der Waals surface area contributed by atoms with Crippen molar-refractivity contribution < 1.29 is 32.8 Å². The summed E-state index contributed by atoms with van der Waals surface area (Å²) in [6.45, 7) is 14.5. The third-order valence-electron chi connectivity index (χ3n) is 3.80. The van der Waals surface area contributed by atoms with E-state index in [9.17, 15) is 0 Å². The minimum absolute atomic E-state index is 0.563. The van der Waals surface area contributed by atoms with Gasteiger partial charge in [-0.05, 0) is 36.9 Å². The molecule has 0 aromatic carbocycles. The Morgan fingerprint density at radius 1 is 0.433 bits per heavy atom. The summed E-state index contributed by atoms with van der Waals surface area (Å²) in [5, 5.41) is 0. The molecule has 0 rings (SSSR count). The second-order valence-electron chi connectivity index (χ2n) is 7.74. The molecule has 0 aliphatic rings. The predicted molar refractivity (Wildman–Crippen MR) is 132 cm³/mol. The van der Waals surface area contributed by atoms with Gasteiger partial charge in [-0.1, -0.05) is 35.4 Å². The van der Waals surface area contributed by atoms with Gasteiger partial charge < -0.3 is 32.8 Å². The van der Waals surface area contributed by atoms with Crippen LogP contribution in [-0.4, -0.2) is 98.6 Å². The van der Waals surface area contributed by atoms with Gasteiger partial charge in [0.2, 0.25) is 0 Å². The monoisotopic (exact) mass is 564 g/mol. The molecule has 0 aromatic heterocycles. The van der Waals surface area contributed by atoms with Crippen LogP contribution < -0.4 is 0 Å². The molecule has 182 valence electrons. The normalized spacial score (nSPS) is 12.0. The van der Waals surface area contributed by atoms with E-state index < -0.39 is 8.32 Å². The van der Waals surface area contributed by atoms with Crippen LogP contribution in [0.25, 0.3) is 0 Å². The molecule has 0 atom stereocenters. The SMILES string of the molecule is C[Si](C)(C)OCCOCCOCCOCCOCCOCCOCCCCCCI. The van der Waals surface area contributed by atoms with E-state index in [1.165, 1.54) is 23.7 Å². The van der Waals surface area contributed by atoms with Gasteiger partial charge in [0.15, 0.2) is 8.32 Å². The summed E-state index contributed by atoms with van der Waals surface area (Å²) in [7, 11) is -1.43. The van der Waals surface area contributed by atoms with Gasteiger partial charge in [0.25, 0.3) is 0 Å². The number of unbranched alkanes of at least 4 members (excludes halogenated alkanes) is 3. The Bertz CT molecular complexity index is 333. The lowest BCUT2D eigenvalue weighted by molar-refractivity contribution is -0.0180. The van der Waals surface area contributed by atoms with Crippen molar-refractivity contribution in [1.29, 1.82) is 0 Å². The Kier molecular flexibility index (Phi) is 24.9. The molecule has 0 spiro atoms. The Hall–Kier alpha value is 0.667. The molecule has 0 unspecified atom stereocenters. The minimum Gasteiger partial charge on any atom is -0.415 e. The lowest BCUT2D eigenvalue weighted by Crippen LogP contribution is -2.27. The van der Waals surface area contributed by atoms with Crippen LogP contribution in [-0.2, 0) is 32.8 Å². The van der Waals surface area contributed by atoms with Crippen molar-refractivity contribution in [2.24, 2.45) is 0 Å². The smallest absolute Gasteiger partial charge is 0.183 e. The maximum absolute atomic E-state index is 5.70. The minimum atomic E-state index is -1.43. The molecule has 0 saturated heterocycles. The first-order chi connectivity index (χ1) is 14.6. The van der Waals surface area contributed by atoms with Crippen LogP contribution in [0, 0.1) is 0 Å². The van der Waals surface area contributed by atoms with E-state index in [0.29, 0.717) is 79.3 Å². The highest BCUT2D eigenvalue weighted by molar-refractivity contribution is 14.1. The third kappa shape index (κ3) is 28.7. The average molecular weight is 565 g/mol. The average Bonchev–Trinajstić information content (AvgIpc) is 2.70. The van der Waals surface area contributed by atoms with Crippen LogP contribution in [0.15, 0.2) is 0 Å². The van der Waals surface area contributed by atoms with Crippen molar-refractivity contribution in [1.82, 2.24) is 0 Å². The largest absolute Gasteiger partial charge is 0.415 e. The van der Waals surface area contributed by atoms with Gasteiger partial charge in [-0.15, -0.1) is 0 Å². The molecule has 7 nitrogen and oxygen atoms in total. The van der Waals surface area contributed by atoms with E-state index in [1.54, 1.807) is 0 Å². The lowest BCUT2D eigenvalue weighted by Gasteiger charge is -2.16. The molecule has 30 heavy (non-hydrogen) atoms. The Balaban J connectivity index is 3.02. The number of ether oxygens (including phenoxy) is 6. The summed E-state index contributed by atoms with van der Waals surface area (Å²) in [5.41, 5.74) is 0. The van der Waals surface area contributed by atoms with Crippen molar-refractivity contribution >= 4 is 30.9 Å². The number of hydrogen-bond acceptors (Lipinski definition) is 7. The Labute approximate surface area is 199 Å². The molecule has 0 aliphatic carbocycles. The molecular weight excluding hydrogens is 519 g/mol. The summed E-state index contributed by atoms with van der Waals surface area (Å²) in [6, 6.07) is 0. The van der Waals surface area contributed by atoms with E-state index in [2.05, 4.69) is 42.2 Å². The molecule has 0 amide bonds. The zero-order valence-electron chi connectivity index (χ0n) is 19.5. The second kappa shape index (κ2) is 24.3. The number of alkyl halides is 1. The number of rotatable bonds is 25. The van der Waals surface area contributed by atoms with Crippen molar-refractivity contribution in [3.63, 3.8) is 0 Å². The first-order valence-electron chi connectivity index (χ1n) is 11.2. The molecule has 0 bridgehead atoms. The van der Waals surface area contributed by atoms with Crippen molar-refractivity contribution in [2.75, 3.05) is 90.3 Å². The van der Waals surface area contributed by atoms with E-state index in [-0.39, 0.29) is 0 Å². The molecular formula is C21H45IO7Si. The van der Waals surface area contributed by atoms with Gasteiger partial charge in [-0.2, -0.15) is 0 Å². The lowest BCUT2D eigenvalue weighted by atomic mass is 10.2. The number of hydrogen-bond donors (Lipinski definition) is 0. The maximum atomic E-state index is 5.70. The Morgan fingerprint density at radius 2 is 0.767 bits per heavy atom. The predicted octanol–water partition coefficient (Wildman–Crippen LogP) is 3.93. The third-order valence-corrected chi connectivity index (χ3v) is 5.63. The summed E-state index contributed by atoms with van der Waals surface area (Å²) in [5.74, 6) is 0. The van der Waals surface area contributed by atoms with Gasteiger partial charge in [0, 0.05) is 6.61 Å². The van der Waals surface area contributed by atoms with E-state index in [0.717, 1.165) is 13.0 Å². The first-order valence-corrected chi connectivity index (χ1v) is 16.2. The molecule has 0 N–H and O–H groups in total. The summed E-state index contributed by atoms with van der Waals surface area (Å²) in [6.07, 6.45) is 5.02. The van der Waals surface area contributed by atoms with Crippen molar-refractivity contribution in [3.05, 3.63) is 0 Å². The standard InChI is InChI=1S/C21H45IO7Si/c1-30(2,3)29-21-20-28-19-18-27-17-16-26-15-14-25-13-12-24-11-10-23-9-7-5-4-6-8-22/h4-21H2,1-3H3. The van der Waals surface area contributed by atoms with E-state index >= 15 is 0 Å². The Morgan fingerprint density at radius 3 is 1.13 bits per heavy atom. The highest BCUT2D eigenvalue weighted by Crippen LogP contribution is 2.02. The van der Waals surface area contributed by atoms with Crippen molar-refractivity contribution in [2.45, 2.75) is 45.3 Å². The molecule has 0 aromatic rings. The first kappa shape index (κ1) is 30.7. The van der Waals surface area contributed by atoms with Gasteiger partial charge in [-0.3, -0.25) is 0 Å². The molecule has 0 fully saturated rings. The second-order valence-corrected chi connectivity index (χ2v) is 13.3. The van der Waals surface area contributed by atoms with Gasteiger partial charge >= 0.3 is 0 Å². The van der Waals surface area contributed by atoms with Gasteiger partial charge in [0.1, 0.15) is 0 Å². The molecule has 0 radical (unpaired) electrons. The highest BCUT2D eigenvalue weighted by atomic mass is 127. The maximum Gasteiger partial charge on any atom is 0.183 e.